The summed E-state index contributed by atoms with van der Waals surface area (Å²) in [6, 6.07) is 18.4. The third-order valence-electron chi connectivity index (χ3n) is 5.46. The highest BCUT2D eigenvalue weighted by Gasteiger charge is 2.20. The number of ether oxygens (including phenoxy) is 1. The summed E-state index contributed by atoms with van der Waals surface area (Å²) in [5.41, 5.74) is 2.11. The van der Waals surface area contributed by atoms with Gasteiger partial charge in [-0.1, -0.05) is 48.5 Å². The van der Waals surface area contributed by atoms with Gasteiger partial charge in [-0.25, -0.2) is 9.18 Å². The summed E-state index contributed by atoms with van der Waals surface area (Å²) in [5, 5.41) is 2.83. The molecule has 7 heteroatoms. The fourth-order valence-corrected chi connectivity index (χ4v) is 3.54. The zero-order chi connectivity index (χ0) is 24.2. The highest BCUT2D eigenvalue weighted by atomic mass is 19.1. The molecule has 0 radical (unpaired) electrons. The van der Waals surface area contributed by atoms with Crippen molar-refractivity contribution in [1.29, 1.82) is 0 Å². The number of benzene rings is 3. The molecule has 0 atom stereocenters. The Morgan fingerprint density at radius 1 is 1.00 bits per heavy atom. The highest BCUT2D eigenvalue weighted by Crippen LogP contribution is 2.27. The van der Waals surface area contributed by atoms with Crippen LogP contribution in [0.5, 0.6) is 0 Å². The number of nitrogens with one attached hydrogen (secondary N) is 1. The number of esters is 1. The van der Waals surface area contributed by atoms with E-state index in [0.29, 0.717) is 28.0 Å². The fraction of sp³-hybridized carbons (Fsp3) is 0.148. The first-order chi connectivity index (χ1) is 16.3. The number of para-hydroxylation sites is 1. The van der Waals surface area contributed by atoms with Gasteiger partial charge in [0.05, 0.1) is 5.39 Å². The molecular weight excluding hydrogens is 437 g/mol. The Labute approximate surface area is 195 Å². The van der Waals surface area contributed by atoms with Gasteiger partial charge in [0.1, 0.15) is 17.1 Å². The van der Waals surface area contributed by atoms with E-state index in [-0.39, 0.29) is 34.3 Å². The quantitative estimate of drug-likeness (QED) is 0.423. The second-order valence-corrected chi connectivity index (χ2v) is 7.87. The van der Waals surface area contributed by atoms with E-state index in [0.717, 1.165) is 0 Å². The topological polar surface area (TPSA) is 85.6 Å². The van der Waals surface area contributed by atoms with Crippen LogP contribution in [0.15, 0.2) is 75.9 Å². The summed E-state index contributed by atoms with van der Waals surface area (Å²) in [5.74, 6) is -1.34. The second-order valence-electron chi connectivity index (χ2n) is 7.87. The number of fused-ring (bicyclic) bond motifs is 1. The van der Waals surface area contributed by atoms with Gasteiger partial charge < -0.3 is 14.5 Å². The summed E-state index contributed by atoms with van der Waals surface area (Å²) < 4.78 is 24.8. The number of rotatable bonds is 6. The summed E-state index contributed by atoms with van der Waals surface area (Å²) in [6.45, 7) is 2.88. The maximum Gasteiger partial charge on any atom is 0.342 e. The minimum atomic E-state index is -0.798. The van der Waals surface area contributed by atoms with Crippen molar-refractivity contribution in [3.8, 4) is 11.3 Å². The van der Waals surface area contributed by atoms with E-state index in [9.17, 15) is 18.8 Å². The van der Waals surface area contributed by atoms with Crippen molar-refractivity contribution in [3.05, 3.63) is 105 Å². The minimum absolute atomic E-state index is 0.0418. The Bertz CT molecular complexity index is 1440. The SMILES string of the molecule is Cc1ccc(CNC(=O)COC(=O)c2cccc3c(=O)c(C)c(-c4ccccc4)oc23)cc1F. The van der Waals surface area contributed by atoms with Gasteiger partial charge in [0.2, 0.25) is 0 Å². The van der Waals surface area contributed by atoms with Crippen molar-refractivity contribution in [1.82, 2.24) is 5.32 Å². The van der Waals surface area contributed by atoms with E-state index < -0.39 is 18.5 Å². The van der Waals surface area contributed by atoms with Crippen LogP contribution in [0.25, 0.3) is 22.3 Å². The third kappa shape index (κ3) is 4.73. The standard InChI is InChI=1S/C27H22FNO5/c1-16-11-12-18(13-22(16)28)14-29-23(30)15-33-27(32)21-10-6-9-20-24(31)17(2)25(34-26(20)21)19-7-4-3-5-8-19/h3-13H,14-15H2,1-2H3,(H,29,30). The lowest BCUT2D eigenvalue weighted by molar-refractivity contribution is -0.124. The minimum Gasteiger partial charge on any atom is -0.455 e. The van der Waals surface area contributed by atoms with Gasteiger partial charge in [0.25, 0.3) is 5.91 Å². The molecule has 172 valence electrons. The van der Waals surface area contributed by atoms with E-state index in [4.69, 9.17) is 9.15 Å². The van der Waals surface area contributed by atoms with Crippen molar-refractivity contribution in [2.24, 2.45) is 0 Å². The Balaban J connectivity index is 1.52. The van der Waals surface area contributed by atoms with E-state index >= 15 is 0 Å². The molecule has 4 aromatic rings. The molecule has 0 aliphatic rings. The largest absolute Gasteiger partial charge is 0.455 e. The van der Waals surface area contributed by atoms with Crippen molar-refractivity contribution in [2.45, 2.75) is 20.4 Å². The van der Waals surface area contributed by atoms with Crippen LogP contribution in [-0.2, 0) is 16.1 Å². The first kappa shape index (κ1) is 22.9. The highest BCUT2D eigenvalue weighted by molar-refractivity contribution is 6.02. The number of aryl methyl sites for hydroxylation is 1. The molecule has 1 amide bonds. The van der Waals surface area contributed by atoms with Gasteiger partial charge in [-0.15, -0.1) is 0 Å². The van der Waals surface area contributed by atoms with Crippen molar-refractivity contribution < 1.29 is 23.1 Å². The first-order valence-corrected chi connectivity index (χ1v) is 10.7. The predicted octanol–water partition coefficient (Wildman–Crippen LogP) is 4.69. The Morgan fingerprint density at radius 2 is 1.76 bits per heavy atom. The number of halogens is 1. The molecule has 0 fully saturated rings. The number of carbonyl (C=O) groups excluding carboxylic acids is 2. The molecule has 0 saturated heterocycles. The Kier molecular flexibility index (Phi) is 6.54. The molecule has 1 aromatic heterocycles. The number of carbonyl (C=O) groups is 2. The zero-order valence-electron chi connectivity index (χ0n) is 18.7. The van der Waals surface area contributed by atoms with Crippen LogP contribution < -0.4 is 10.7 Å². The molecule has 0 aliphatic carbocycles. The van der Waals surface area contributed by atoms with Crippen LogP contribution in [-0.4, -0.2) is 18.5 Å². The van der Waals surface area contributed by atoms with Crippen molar-refractivity contribution >= 4 is 22.8 Å². The lowest BCUT2D eigenvalue weighted by atomic mass is 10.0. The summed E-state index contributed by atoms with van der Waals surface area (Å²) >= 11 is 0. The zero-order valence-corrected chi connectivity index (χ0v) is 18.7. The van der Waals surface area contributed by atoms with Crippen molar-refractivity contribution in [2.75, 3.05) is 6.61 Å². The average molecular weight is 459 g/mol. The molecular formula is C27H22FNO5. The molecule has 6 nitrogen and oxygen atoms in total. The van der Waals surface area contributed by atoms with Gasteiger partial charge in [-0.2, -0.15) is 0 Å². The summed E-state index contributed by atoms with van der Waals surface area (Å²) in [7, 11) is 0. The maximum absolute atomic E-state index is 13.6. The molecule has 1 heterocycles. The van der Waals surface area contributed by atoms with Gasteiger partial charge in [-0.3, -0.25) is 9.59 Å². The predicted molar refractivity (Wildman–Crippen MR) is 126 cm³/mol. The molecule has 0 unspecified atom stereocenters. The molecule has 3 aromatic carbocycles. The molecule has 0 bridgehead atoms. The van der Waals surface area contributed by atoms with Crippen LogP contribution in [0.4, 0.5) is 4.39 Å². The van der Waals surface area contributed by atoms with Gasteiger partial charge in [0, 0.05) is 17.7 Å². The van der Waals surface area contributed by atoms with Gasteiger partial charge in [-0.05, 0) is 43.2 Å². The normalized spacial score (nSPS) is 10.8. The Hall–Kier alpha value is -4.26. The fourth-order valence-electron chi connectivity index (χ4n) is 3.54. The number of hydrogen-bond acceptors (Lipinski definition) is 5. The van der Waals surface area contributed by atoms with Gasteiger partial charge in [0.15, 0.2) is 17.6 Å². The van der Waals surface area contributed by atoms with E-state index in [1.54, 1.807) is 38.1 Å². The van der Waals surface area contributed by atoms with E-state index in [1.807, 2.05) is 30.3 Å². The van der Waals surface area contributed by atoms with Crippen LogP contribution in [0.2, 0.25) is 0 Å². The number of hydrogen-bond donors (Lipinski definition) is 1. The van der Waals surface area contributed by atoms with E-state index in [1.165, 1.54) is 12.1 Å². The lowest BCUT2D eigenvalue weighted by Gasteiger charge is -2.11. The molecule has 0 aliphatic heterocycles. The molecule has 0 saturated carbocycles. The monoisotopic (exact) mass is 459 g/mol. The van der Waals surface area contributed by atoms with Crippen LogP contribution in [0.3, 0.4) is 0 Å². The maximum atomic E-state index is 13.6. The van der Waals surface area contributed by atoms with Crippen molar-refractivity contribution in [3.63, 3.8) is 0 Å². The van der Waals surface area contributed by atoms with Crippen LogP contribution >= 0.6 is 0 Å². The smallest absolute Gasteiger partial charge is 0.342 e. The Morgan fingerprint density at radius 3 is 2.50 bits per heavy atom. The summed E-state index contributed by atoms with van der Waals surface area (Å²) in [4.78, 5) is 37.8. The average Bonchev–Trinajstić information content (AvgIpc) is 2.85. The lowest BCUT2D eigenvalue weighted by Crippen LogP contribution is -2.28. The second kappa shape index (κ2) is 9.70. The van der Waals surface area contributed by atoms with Crippen LogP contribution in [0, 0.1) is 19.7 Å². The van der Waals surface area contributed by atoms with Gasteiger partial charge >= 0.3 is 5.97 Å². The molecule has 1 N–H and O–H groups in total. The first-order valence-electron chi connectivity index (χ1n) is 10.7. The summed E-state index contributed by atoms with van der Waals surface area (Å²) in [6.07, 6.45) is 0. The molecule has 0 spiro atoms. The molecule has 4 rings (SSSR count). The van der Waals surface area contributed by atoms with Crippen LogP contribution in [0.1, 0.15) is 27.0 Å². The molecule has 34 heavy (non-hydrogen) atoms. The number of amides is 1. The third-order valence-corrected chi connectivity index (χ3v) is 5.46. The van der Waals surface area contributed by atoms with E-state index in [2.05, 4.69) is 5.32 Å².